The van der Waals surface area contributed by atoms with Crippen LogP contribution in [0.25, 0.3) is 0 Å². The molecule has 1 aliphatic heterocycles. The molecule has 1 atom stereocenters. The molecule has 1 amide bonds. The SMILES string of the molecule is CCCCN(C)C(=O)C1CC[NH+](C[C@@H]2CC=CCC2)CC1. The molecule has 1 aliphatic carbocycles. The molecule has 0 bridgehead atoms. The molecule has 3 nitrogen and oxygen atoms in total. The molecule has 1 fully saturated rings. The van der Waals surface area contributed by atoms with Crippen molar-refractivity contribution in [3.63, 3.8) is 0 Å². The molecule has 1 saturated heterocycles. The summed E-state index contributed by atoms with van der Waals surface area (Å²) in [6.07, 6.45) is 13.0. The van der Waals surface area contributed by atoms with E-state index in [1.54, 1.807) is 4.90 Å². The van der Waals surface area contributed by atoms with E-state index in [0.717, 1.165) is 38.1 Å². The second-order valence-corrected chi connectivity index (χ2v) is 6.99. The number of unbranched alkanes of at least 4 members (excludes halogenated alkanes) is 1. The van der Waals surface area contributed by atoms with E-state index in [-0.39, 0.29) is 0 Å². The van der Waals surface area contributed by atoms with Gasteiger partial charge in [-0.25, -0.2) is 0 Å². The molecule has 21 heavy (non-hydrogen) atoms. The maximum Gasteiger partial charge on any atom is 0.225 e. The first-order valence-corrected chi connectivity index (χ1v) is 8.94. The van der Waals surface area contributed by atoms with Gasteiger partial charge in [0, 0.05) is 38.3 Å². The lowest BCUT2D eigenvalue weighted by Gasteiger charge is -2.33. The number of hydrogen-bond donors (Lipinski definition) is 1. The van der Waals surface area contributed by atoms with E-state index in [1.165, 1.54) is 38.9 Å². The summed E-state index contributed by atoms with van der Waals surface area (Å²) >= 11 is 0. The van der Waals surface area contributed by atoms with E-state index in [0.29, 0.717) is 11.8 Å². The number of amides is 1. The van der Waals surface area contributed by atoms with Crippen LogP contribution in [0.5, 0.6) is 0 Å². The molecule has 0 aromatic rings. The normalized spacial score (nSPS) is 29.3. The number of nitrogens with one attached hydrogen (secondary N) is 1. The van der Waals surface area contributed by atoms with Gasteiger partial charge in [0.2, 0.25) is 5.91 Å². The van der Waals surface area contributed by atoms with E-state index < -0.39 is 0 Å². The second kappa shape index (κ2) is 8.57. The van der Waals surface area contributed by atoms with Crippen LogP contribution in [0.1, 0.15) is 51.9 Å². The molecule has 2 rings (SSSR count). The molecule has 2 aliphatic rings. The largest absolute Gasteiger partial charge is 0.346 e. The zero-order valence-electron chi connectivity index (χ0n) is 13.9. The molecule has 1 N–H and O–H groups in total. The smallest absolute Gasteiger partial charge is 0.225 e. The lowest BCUT2D eigenvalue weighted by Crippen LogP contribution is -3.13. The maximum atomic E-state index is 12.4. The van der Waals surface area contributed by atoms with Crippen LogP contribution in [0.15, 0.2) is 12.2 Å². The Balaban J connectivity index is 1.69. The molecular formula is C18H33N2O+. The van der Waals surface area contributed by atoms with Gasteiger partial charge in [-0.15, -0.1) is 0 Å². The van der Waals surface area contributed by atoms with Gasteiger partial charge in [-0.05, 0) is 25.7 Å². The van der Waals surface area contributed by atoms with Crippen LogP contribution in [0.2, 0.25) is 0 Å². The van der Waals surface area contributed by atoms with E-state index >= 15 is 0 Å². The first-order valence-electron chi connectivity index (χ1n) is 8.94. The quantitative estimate of drug-likeness (QED) is 0.743. The standard InChI is InChI=1S/C18H32N2O/c1-3-4-12-19(2)18(21)17-10-13-20(14-11-17)15-16-8-6-5-7-9-16/h5-6,16-17H,3-4,7-15H2,1-2H3/p+1/t16-/m1/s1. The number of carbonyl (C=O) groups is 1. The second-order valence-electron chi connectivity index (χ2n) is 6.99. The Labute approximate surface area is 130 Å². The van der Waals surface area contributed by atoms with Gasteiger partial charge in [0.25, 0.3) is 0 Å². The fourth-order valence-corrected chi connectivity index (χ4v) is 3.74. The Morgan fingerprint density at radius 3 is 2.62 bits per heavy atom. The molecule has 1 heterocycles. The highest BCUT2D eigenvalue weighted by molar-refractivity contribution is 5.78. The minimum atomic E-state index is 0.293. The van der Waals surface area contributed by atoms with Gasteiger partial charge in [0.05, 0.1) is 19.6 Å². The highest BCUT2D eigenvalue weighted by atomic mass is 16.2. The van der Waals surface area contributed by atoms with Crippen molar-refractivity contribution < 1.29 is 9.69 Å². The average molecular weight is 293 g/mol. The molecule has 0 aromatic carbocycles. The van der Waals surface area contributed by atoms with Crippen molar-refractivity contribution >= 4 is 5.91 Å². The predicted octanol–water partition coefficient (Wildman–Crippen LogP) is 1.90. The van der Waals surface area contributed by atoms with Gasteiger partial charge >= 0.3 is 0 Å². The molecule has 3 heteroatoms. The van der Waals surface area contributed by atoms with Gasteiger partial charge < -0.3 is 9.80 Å². The van der Waals surface area contributed by atoms with Crippen LogP contribution < -0.4 is 4.90 Å². The third kappa shape index (κ3) is 5.14. The number of rotatable bonds is 6. The molecule has 120 valence electrons. The average Bonchev–Trinajstić information content (AvgIpc) is 2.53. The Morgan fingerprint density at radius 2 is 2.00 bits per heavy atom. The van der Waals surface area contributed by atoms with Crippen molar-refractivity contribution in [2.24, 2.45) is 11.8 Å². The number of quaternary nitrogens is 1. The summed E-state index contributed by atoms with van der Waals surface area (Å²) in [6.45, 7) is 6.81. The van der Waals surface area contributed by atoms with E-state index in [1.807, 2.05) is 11.9 Å². The van der Waals surface area contributed by atoms with Gasteiger partial charge in [0.15, 0.2) is 0 Å². The minimum Gasteiger partial charge on any atom is -0.346 e. The molecule has 0 spiro atoms. The summed E-state index contributed by atoms with van der Waals surface area (Å²) in [5.41, 5.74) is 0. The zero-order chi connectivity index (χ0) is 15.1. The van der Waals surface area contributed by atoms with Crippen LogP contribution in [0.3, 0.4) is 0 Å². The molecule has 0 aromatic heterocycles. The van der Waals surface area contributed by atoms with Crippen molar-refractivity contribution in [1.29, 1.82) is 0 Å². The number of piperidine rings is 1. The fraction of sp³-hybridized carbons (Fsp3) is 0.833. The highest BCUT2D eigenvalue weighted by Crippen LogP contribution is 2.17. The Hall–Kier alpha value is -0.830. The summed E-state index contributed by atoms with van der Waals surface area (Å²) in [5, 5.41) is 0. The third-order valence-electron chi connectivity index (χ3n) is 5.22. The Morgan fingerprint density at radius 1 is 1.24 bits per heavy atom. The number of hydrogen-bond acceptors (Lipinski definition) is 1. The zero-order valence-corrected chi connectivity index (χ0v) is 13.9. The molecule has 0 unspecified atom stereocenters. The van der Waals surface area contributed by atoms with Crippen molar-refractivity contribution in [2.75, 3.05) is 33.2 Å². The minimum absolute atomic E-state index is 0.293. The van der Waals surface area contributed by atoms with E-state index in [2.05, 4.69) is 19.1 Å². The van der Waals surface area contributed by atoms with Gasteiger partial charge in [-0.1, -0.05) is 25.5 Å². The lowest BCUT2D eigenvalue weighted by molar-refractivity contribution is -0.909. The first kappa shape index (κ1) is 16.5. The molecule has 0 saturated carbocycles. The number of carbonyl (C=O) groups excluding carboxylic acids is 1. The van der Waals surface area contributed by atoms with Crippen LogP contribution in [0, 0.1) is 11.8 Å². The van der Waals surface area contributed by atoms with Crippen LogP contribution in [-0.2, 0) is 4.79 Å². The van der Waals surface area contributed by atoms with Crippen molar-refractivity contribution in [2.45, 2.75) is 51.9 Å². The monoisotopic (exact) mass is 293 g/mol. The van der Waals surface area contributed by atoms with Gasteiger partial charge in [0.1, 0.15) is 0 Å². The summed E-state index contributed by atoms with van der Waals surface area (Å²) < 4.78 is 0. The fourth-order valence-electron chi connectivity index (χ4n) is 3.74. The predicted molar refractivity (Wildman–Crippen MR) is 87.3 cm³/mol. The number of nitrogens with zero attached hydrogens (tertiary/aromatic N) is 1. The van der Waals surface area contributed by atoms with Crippen molar-refractivity contribution in [3.8, 4) is 0 Å². The molecule has 0 radical (unpaired) electrons. The van der Waals surface area contributed by atoms with E-state index in [4.69, 9.17) is 0 Å². The molecular weight excluding hydrogens is 260 g/mol. The van der Waals surface area contributed by atoms with Crippen LogP contribution >= 0.6 is 0 Å². The first-order chi connectivity index (χ1) is 10.2. The summed E-state index contributed by atoms with van der Waals surface area (Å²) in [5.74, 6) is 1.56. The summed E-state index contributed by atoms with van der Waals surface area (Å²) in [4.78, 5) is 16.1. The van der Waals surface area contributed by atoms with Crippen molar-refractivity contribution in [1.82, 2.24) is 4.90 Å². The van der Waals surface area contributed by atoms with E-state index in [9.17, 15) is 4.79 Å². The van der Waals surface area contributed by atoms with Crippen molar-refractivity contribution in [3.05, 3.63) is 12.2 Å². The lowest BCUT2D eigenvalue weighted by atomic mass is 9.91. The van der Waals surface area contributed by atoms with Gasteiger partial charge in [-0.2, -0.15) is 0 Å². The number of likely N-dealkylation sites (tertiary alicyclic amines) is 1. The topological polar surface area (TPSA) is 24.8 Å². The Bertz CT molecular complexity index is 345. The van der Waals surface area contributed by atoms with Crippen LogP contribution in [-0.4, -0.2) is 44.0 Å². The van der Waals surface area contributed by atoms with Gasteiger partial charge in [-0.3, -0.25) is 4.79 Å². The third-order valence-corrected chi connectivity index (χ3v) is 5.22. The van der Waals surface area contributed by atoms with Crippen LogP contribution in [0.4, 0.5) is 0 Å². The maximum absolute atomic E-state index is 12.4. The summed E-state index contributed by atoms with van der Waals surface area (Å²) in [6, 6.07) is 0. The number of allylic oxidation sites excluding steroid dienone is 2. The summed E-state index contributed by atoms with van der Waals surface area (Å²) in [7, 11) is 1.98. The highest BCUT2D eigenvalue weighted by Gasteiger charge is 2.30. The Kier molecular flexibility index (Phi) is 6.75.